The molecule has 16 rings (SSSR count). The van der Waals surface area contributed by atoms with E-state index in [4.69, 9.17) is 198 Å². The van der Waals surface area contributed by atoms with Gasteiger partial charge in [0.15, 0.2) is 0 Å². The second kappa shape index (κ2) is 25.5. The molecule has 552 valence electrons. The van der Waals surface area contributed by atoms with Crippen LogP contribution >= 0.6 is 0 Å². The second-order valence-corrected chi connectivity index (χ2v) is 92.0. The van der Waals surface area contributed by atoms with Gasteiger partial charge in [0.05, 0.1) is 0 Å². The van der Waals surface area contributed by atoms with Crippen molar-refractivity contribution in [2.75, 3.05) is 0 Å². The van der Waals surface area contributed by atoms with Gasteiger partial charge in [-0.05, 0) is 0 Å². The molecule has 18 atom stereocenters. The summed E-state index contributed by atoms with van der Waals surface area (Å²) in [6.07, 6.45) is 0. The topological polar surface area (TPSA) is 686 Å². The molecule has 0 saturated carbocycles. The molecule has 16 saturated heterocycles. The summed E-state index contributed by atoms with van der Waals surface area (Å²) in [5.74, 6) is 0. The Kier molecular flexibility index (Phi) is 21.1. The maximum Gasteiger partial charge on any atom is 0.662 e. The first-order valence-corrected chi connectivity index (χ1v) is 74.2. The van der Waals surface area contributed by atoms with Crippen LogP contribution in [-0.4, -0.2) is 401 Å². The van der Waals surface area contributed by atoms with E-state index in [-0.39, 0.29) is 0 Å². The Morgan fingerprint density at radius 3 is 0.615 bits per heavy atom. The van der Waals surface area contributed by atoms with Gasteiger partial charge in [-0.3, -0.25) is 0 Å². The van der Waals surface area contributed by atoms with Crippen LogP contribution < -0.4 is 0 Å². The van der Waals surface area contributed by atoms with Crippen LogP contribution in [0.4, 0.5) is 0 Å². The average molecular weight is 2020 g/mol. The summed E-state index contributed by atoms with van der Waals surface area (Å²) in [4.78, 5) is 159. The molecule has 16 aliphatic rings. The van der Waals surface area contributed by atoms with Crippen molar-refractivity contribution < 1.29 is 255 Å². The summed E-state index contributed by atoms with van der Waals surface area (Å²) in [5, 5.41) is 0. The van der Waals surface area contributed by atoms with Gasteiger partial charge in [-0.2, -0.15) is 0 Å². The molecule has 12 N–H and O–H groups in total. The molecule has 16 fully saturated rings. The van der Waals surface area contributed by atoms with E-state index in [9.17, 15) is 57.5 Å². The number of hydrogen-bond acceptors (Lipinski definition) is 60. The highest BCUT2D eigenvalue weighted by atomic mass is 28.7. The molecular formula is H48O60Si36. The number of rotatable bonds is 12. The maximum atomic E-state index is 13.7. The number of fused-ring (bicyclic) bond motifs is 4. The lowest BCUT2D eigenvalue weighted by Gasteiger charge is -2.57. The van der Waals surface area contributed by atoms with Gasteiger partial charge in [-0.25, -0.2) is 0 Å². The van der Waals surface area contributed by atoms with E-state index >= 15 is 0 Å². The summed E-state index contributed by atoms with van der Waals surface area (Å²) in [6, 6.07) is 0. The molecule has 6 spiro atoms. The third-order valence-electron chi connectivity index (χ3n) is 12.1. The van der Waals surface area contributed by atoms with Crippen molar-refractivity contribution in [1.29, 1.82) is 0 Å². The van der Waals surface area contributed by atoms with Crippen LogP contribution in [0.5, 0.6) is 0 Å². The van der Waals surface area contributed by atoms with Crippen molar-refractivity contribution in [3.63, 3.8) is 0 Å². The Morgan fingerprint density at radius 2 is 0.323 bits per heavy atom. The normalized spacial score (nSPS) is 58.6. The lowest BCUT2D eigenvalue weighted by Crippen LogP contribution is -2.93. The zero-order valence-corrected chi connectivity index (χ0v) is 97.0. The summed E-state index contributed by atoms with van der Waals surface area (Å²) in [5.41, 5.74) is 0. The highest BCUT2D eigenvalue weighted by molar-refractivity contribution is 7.04. The summed E-state index contributed by atoms with van der Waals surface area (Å²) in [6.45, 7) is 0. The molecule has 96 heavy (non-hydrogen) atoms. The molecule has 0 radical (unpaired) electrons. The number of hydrogen-bond donors (Lipinski definition) is 12. The van der Waals surface area contributed by atoms with E-state index in [0.29, 0.717) is 0 Å². The molecule has 0 amide bonds. The highest BCUT2D eigenvalue weighted by Crippen LogP contribution is 2.54. The van der Waals surface area contributed by atoms with Gasteiger partial charge in [-0.1, -0.05) is 0 Å². The summed E-state index contributed by atoms with van der Waals surface area (Å²) in [7, 11) is -180. The van der Waals surface area contributed by atoms with E-state index in [1.54, 1.807) is 0 Å². The Morgan fingerprint density at radius 1 is 0.146 bits per heavy atom. The first-order chi connectivity index (χ1) is 44.2. The molecule has 0 aliphatic carbocycles. The van der Waals surface area contributed by atoms with Crippen LogP contribution in [0.3, 0.4) is 0 Å². The van der Waals surface area contributed by atoms with Crippen LogP contribution in [0.15, 0.2) is 0 Å². The minimum absolute atomic E-state index is 0.679. The zero-order chi connectivity index (χ0) is 69.9. The van der Waals surface area contributed by atoms with Gasteiger partial charge in [-0.15, -0.1) is 0 Å². The predicted octanol–water partition coefficient (Wildman–Crippen LogP) is -33.3. The van der Waals surface area contributed by atoms with Crippen molar-refractivity contribution in [2.24, 2.45) is 0 Å². The van der Waals surface area contributed by atoms with Crippen LogP contribution in [0.1, 0.15) is 0 Å². The monoisotopic (exact) mass is 2020 g/mol. The van der Waals surface area contributed by atoms with Crippen molar-refractivity contribution in [1.82, 2.24) is 0 Å². The largest absolute Gasteiger partial charge is 0.662 e. The van der Waals surface area contributed by atoms with Gasteiger partial charge in [0.2, 0.25) is 0 Å². The molecule has 96 heteroatoms. The fourth-order valence-corrected chi connectivity index (χ4v) is 135. The molecule has 60 nitrogen and oxygen atoms in total. The standard InChI is InChI=1S/H48O60Si36/c1-73(2)25-74(3)27-82(11)39-89(23-71)40-83(12)35-77(6)28-75(4)29-78(7)31-76(5)32-80(9)34-79(8,30-75)42-91(41-74,45-83)56-96-58-92(46-82,48-84(13-61,14-62)26-73)51-87(19-67,20-68)47-88(21-69,22-70)52-95(53-89,60-96)55-90(24-72,38-77)54-93(43-78)49-85(15-63,16-64)36-81(10,33-76)37-86(17-65,18-66)50-94(44-80,57-93)59-96/h1-12H,61-72H3. The Balaban J connectivity index is 1.34. The molecule has 16 aliphatic heterocycles. The minimum Gasteiger partial charge on any atom is -0.404 e. The quantitative estimate of drug-likeness (QED) is 0.0807. The average Bonchev–Trinajstić information content (AvgIpc) is 0.683. The molecule has 18 bridgehead atoms. The maximum absolute atomic E-state index is 13.7. The summed E-state index contributed by atoms with van der Waals surface area (Å²) < 4.78 is 296. The van der Waals surface area contributed by atoms with E-state index < -0.39 is 343 Å². The Labute approximate surface area is 593 Å². The lowest BCUT2D eigenvalue weighted by molar-refractivity contribution is -0.139. The first kappa shape index (κ1) is 79.5. The minimum atomic E-state index is -7.96. The third-order valence-corrected chi connectivity index (χ3v) is 109. The molecule has 16 heterocycles. The van der Waals surface area contributed by atoms with E-state index in [0.717, 1.165) is 0 Å². The first-order valence-electron chi connectivity index (χ1n) is 24.7. The van der Waals surface area contributed by atoms with Crippen molar-refractivity contribution in [3.05, 3.63) is 0 Å². The molecule has 0 aromatic rings. The third kappa shape index (κ3) is 14.5. The van der Waals surface area contributed by atoms with Gasteiger partial charge < -0.3 is 255 Å². The van der Waals surface area contributed by atoms with E-state index in [1.807, 2.05) is 0 Å². The molecular weight excluding hydrogens is 1970 g/mol. The van der Waals surface area contributed by atoms with Gasteiger partial charge in [0.25, 0.3) is 0 Å². The summed E-state index contributed by atoms with van der Waals surface area (Å²) >= 11 is 0. The van der Waals surface area contributed by atoms with Crippen molar-refractivity contribution in [3.8, 4) is 0 Å². The second-order valence-electron chi connectivity index (χ2n) is 18.4. The molecule has 18 unspecified atom stereocenters. The van der Waals surface area contributed by atoms with Crippen molar-refractivity contribution in [2.45, 2.75) is 0 Å². The van der Waals surface area contributed by atoms with Crippen LogP contribution in [0.2, 0.25) is 0 Å². The predicted molar refractivity (Wildman–Crippen MR) is 336 cm³/mol. The fourth-order valence-electron chi connectivity index (χ4n) is 8.80. The van der Waals surface area contributed by atoms with Crippen molar-refractivity contribution >= 4 is 343 Å². The van der Waals surface area contributed by atoms with E-state index in [2.05, 4.69) is 0 Å². The van der Waals surface area contributed by atoms with Crippen LogP contribution in [-0.2, 0) is 198 Å². The van der Waals surface area contributed by atoms with Gasteiger partial charge in [0.1, 0.15) is 126 Å². The zero-order valence-electron chi connectivity index (χ0n) is 49.0. The Hall–Kier alpha value is 5.41. The van der Waals surface area contributed by atoms with E-state index in [1.165, 1.54) is 0 Å². The molecule has 0 aromatic heterocycles. The highest BCUT2D eigenvalue weighted by Gasteiger charge is 2.96. The van der Waals surface area contributed by atoms with Gasteiger partial charge >= 0.3 is 217 Å². The molecule has 0 aromatic carbocycles. The fraction of sp³-hybridized carbons (Fsp3) is 0. The van der Waals surface area contributed by atoms with Gasteiger partial charge in [0, 0.05) is 0 Å². The smallest absolute Gasteiger partial charge is 0.404 e. The van der Waals surface area contributed by atoms with Crippen LogP contribution in [0.25, 0.3) is 0 Å². The Bertz CT molecular complexity index is 2970. The lowest BCUT2D eigenvalue weighted by atomic mass is 15.5. The SMILES string of the molecule is O[Si]1(O)O[Si]2(O)O[Si]3(O)O[Si]4(O[SiH3])O[Si]5(O)O[Si]6(O)O[Si]7(O)O[Si]8(O)O[Si]9(O)O[Si]%10(O)O[Si]%11(O)O[Si](O[SiH3])(O[SiH3])O[Si]%12(O[Si](O)(O7)O%10)O[Si](O[SiH3])(O6)O[Si]6(O4)O[Si](O[SiH3])(O[SiH3])O[Si](O[SiH3])(O[SiH3])O[Si](O3)(O[Si](O[SiH3])(O[SiH3])O1)O[Si](O[Si](O2)(O8)O5)(O[Si](O9)(O[Si](O[SiH3])(O[SiH3])O%11)O%12)O6. The van der Waals surface area contributed by atoms with Crippen LogP contribution in [0, 0.1) is 0 Å².